The van der Waals surface area contributed by atoms with Crippen molar-refractivity contribution < 1.29 is 4.79 Å². The van der Waals surface area contributed by atoms with Crippen LogP contribution in [0.4, 0.5) is 10.5 Å². The molecule has 1 aromatic rings. The van der Waals surface area contributed by atoms with E-state index in [1.807, 2.05) is 0 Å². The number of hydrogen-bond acceptors (Lipinski definition) is 2. The maximum absolute atomic E-state index is 11.6. The van der Waals surface area contributed by atoms with Crippen molar-refractivity contribution in [3.8, 4) is 11.8 Å². The van der Waals surface area contributed by atoms with E-state index in [1.165, 1.54) is 0 Å². The Hall–Kier alpha value is -1.70. The van der Waals surface area contributed by atoms with Crippen molar-refractivity contribution in [2.45, 2.75) is 18.9 Å². The minimum absolute atomic E-state index is 0.212. The molecule has 0 aromatic heterocycles. The molecule has 18 heavy (non-hydrogen) atoms. The minimum atomic E-state index is -0.212. The fourth-order valence-corrected chi connectivity index (χ4v) is 1.62. The summed E-state index contributed by atoms with van der Waals surface area (Å²) in [6, 6.07) is 5.25. The van der Waals surface area contributed by atoms with E-state index in [4.69, 9.17) is 17.3 Å². The highest BCUT2D eigenvalue weighted by Crippen LogP contribution is 2.21. The third kappa shape index (κ3) is 3.66. The third-order valence-electron chi connectivity index (χ3n) is 2.47. The molecule has 0 unspecified atom stereocenters. The van der Waals surface area contributed by atoms with Crippen LogP contribution >= 0.6 is 11.6 Å². The number of carbonyl (C=O) groups is 1. The number of anilines is 1. The van der Waals surface area contributed by atoms with Gasteiger partial charge in [-0.25, -0.2) is 4.79 Å². The number of halogens is 1. The number of hydrogen-bond donors (Lipinski definition) is 3. The van der Waals surface area contributed by atoms with Crippen molar-refractivity contribution in [3.05, 3.63) is 28.8 Å². The summed E-state index contributed by atoms with van der Waals surface area (Å²) < 4.78 is 0. The van der Waals surface area contributed by atoms with Gasteiger partial charge in [0.05, 0.1) is 12.2 Å². The monoisotopic (exact) mass is 263 g/mol. The lowest BCUT2D eigenvalue weighted by Gasteiger charge is -2.08. The van der Waals surface area contributed by atoms with Crippen molar-refractivity contribution in [1.82, 2.24) is 5.32 Å². The van der Waals surface area contributed by atoms with Crippen LogP contribution in [0.15, 0.2) is 18.2 Å². The molecule has 1 aliphatic rings. The Morgan fingerprint density at radius 2 is 2.28 bits per heavy atom. The molecule has 1 saturated carbocycles. The SMILES string of the molecule is NCC#Cc1cc(Cl)ccc1NC(=O)NC1CC1. The molecule has 1 aliphatic carbocycles. The Kier molecular flexibility index (Phi) is 4.08. The van der Waals surface area contributed by atoms with E-state index < -0.39 is 0 Å². The van der Waals surface area contributed by atoms with E-state index in [-0.39, 0.29) is 12.6 Å². The van der Waals surface area contributed by atoms with Crippen LogP contribution in [0.25, 0.3) is 0 Å². The zero-order chi connectivity index (χ0) is 13.0. The van der Waals surface area contributed by atoms with Crippen LogP contribution in [0.3, 0.4) is 0 Å². The predicted octanol–water partition coefficient (Wildman–Crippen LogP) is 1.93. The van der Waals surface area contributed by atoms with Crippen LogP contribution in [0.2, 0.25) is 5.02 Å². The molecular weight excluding hydrogens is 250 g/mol. The average molecular weight is 264 g/mol. The second-order valence-corrected chi connectivity index (χ2v) is 4.50. The summed E-state index contributed by atoms with van der Waals surface area (Å²) in [4.78, 5) is 11.6. The van der Waals surface area contributed by atoms with Gasteiger partial charge in [-0.05, 0) is 31.0 Å². The molecule has 4 N–H and O–H groups in total. The van der Waals surface area contributed by atoms with Gasteiger partial charge in [-0.1, -0.05) is 23.4 Å². The van der Waals surface area contributed by atoms with Crippen LogP contribution < -0.4 is 16.4 Å². The van der Waals surface area contributed by atoms with Crippen LogP contribution in [0.1, 0.15) is 18.4 Å². The van der Waals surface area contributed by atoms with E-state index >= 15 is 0 Å². The predicted molar refractivity (Wildman–Crippen MR) is 72.6 cm³/mol. The molecule has 0 saturated heterocycles. The Morgan fingerprint density at radius 1 is 1.50 bits per heavy atom. The van der Waals surface area contributed by atoms with Crippen molar-refractivity contribution in [3.63, 3.8) is 0 Å². The number of carbonyl (C=O) groups excluding carboxylic acids is 1. The van der Waals surface area contributed by atoms with E-state index in [2.05, 4.69) is 22.5 Å². The summed E-state index contributed by atoms with van der Waals surface area (Å²) in [5.74, 6) is 5.63. The lowest BCUT2D eigenvalue weighted by molar-refractivity contribution is 0.251. The lowest BCUT2D eigenvalue weighted by atomic mass is 10.2. The van der Waals surface area contributed by atoms with Crippen molar-refractivity contribution in [2.24, 2.45) is 5.73 Å². The van der Waals surface area contributed by atoms with Crippen molar-refractivity contribution >= 4 is 23.3 Å². The van der Waals surface area contributed by atoms with Crippen molar-refractivity contribution in [2.75, 3.05) is 11.9 Å². The molecule has 0 aliphatic heterocycles. The highest BCUT2D eigenvalue weighted by molar-refractivity contribution is 6.30. The Morgan fingerprint density at radius 3 is 2.94 bits per heavy atom. The Labute approximate surface area is 111 Å². The molecule has 94 valence electrons. The van der Waals surface area contributed by atoms with Crippen LogP contribution in [-0.2, 0) is 0 Å². The van der Waals surface area contributed by atoms with E-state index in [9.17, 15) is 4.79 Å². The van der Waals surface area contributed by atoms with E-state index in [0.29, 0.717) is 22.3 Å². The minimum Gasteiger partial charge on any atom is -0.335 e. The van der Waals surface area contributed by atoms with E-state index in [0.717, 1.165) is 12.8 Å². The van der Waals surface area contributed by atoms with Gasteiger partial charge in [0.15, 0.2) is 0 Å². The Balaban J connectivity index is 2.12. The normalized spacial score (nSPS) is 13.4. The van der Waals surface area contributed by atoms with Crippen LogP contribution in [0, 0.1) is 11.8 Å². The highest BCUT2D eigenvalue weighted by Gasteiger charge is 2.23. The molecular formula is C13H14ClN3O. The van der Waals surface area contributed by atoms with Crippen molar-refractivity contribution in [1.29, 1.82) is 0 Å². The maximum Gasteiger partial charge on any atom is 0.319 e. The summed E-state index contributed by atoms with van der Waals surface area (Å²) in [6.07, 6.45) is 2.10. The number of amides is 2. The first-order chi connectivity index (χ1) is 8.69. The molecule has 5 heteroatoms. The fraction of sp³-hybridized carbons (Fsp3) is 0.308. The van der Waals surface area contributed by atoms with Crippen LogP contribution in [0.5, 0.6) is 0 Å². The number of rotatable bonds is 2. The molecule has 0 bridgehead atoms. The molecule has 4 nitrogen and oxygen atoms in total. The summed E-state index contributed by atoms with van der Waals surface area (Å²) in [7, 11) is 0. The summed E-state index contributed by atoms with van der Waals surface area (Å²) in [6.45, 7) is 0.264. The number of nitrogens with one attached hydrogen (secondary N) is 2. The maximum atomic E-state index is 11.6. The van der Waals surface area contributed by atoms with Crippen LogP contribution in [-0.4, -0.2) is 18.6 Å². The quantitative estimate of drug-likeness (QED) is 0.714. The molecule has 0 heterocycles. The van der Waals surface area contributed by atoms with Gasteiger partial charge in [-0.3, -0.25) is 0 Å². The molecule has 2 amide bonds. The smallest absolute Gasteiger partial charge is 0.319 e. The molecule has 1 aromatic carbocycles. The number of urea groups is 1. The first kappa shape index (κ1) is 12.7. The van der Waals surface area contributed by atoms with Gasteiger partial charge in [-0.15, -0.1) is 0 Å². The van der Waals surface area contributed by atoms with Gasteiger partial charge in [0.25, 0.3) is 0 Å². The van der Waals surface area contributed by atoms with Gasteiger partial charge in [0.1, 0.15) is 0 Å². The fourth-order valence-electron chi connectivity index (χ4n) is 1.45. The topological polar surface area (TPSA) is 67.1 Å². The van der Waals surface area contributed by atoms with E-state index in [1.54, 1.807) is 18.2 Å². The third-order valence-corrected chi connectivity index (χ3v) is 2.70. The number of nitrogens with two attached hydrogens (primary N) is 1. The van der Waals surface area contributed by atoms with Gasteiger partial charge in [0.2, 0.25) is 0 Å². The highest BCUT2D eigenvalue weighted by atomic mass is 35.5. The zero-order valence-corrected chi connectivity index (χ0v) is 10.6. The molecule has 0 atom stereocenters. The summed E-state index contributed by atoms with van der Waals surface area (Å²) >= 11 is 5.90. The van der Waals surface area contributed by atoms with Gasteiger partial charge in [0, 0.05) is 16.6 Å². The summed E-state index contributed by atoms with van der Waals surface area (Å²) in [5.41, 5.74) is 6.64. The molecule has 0 radical (unpaired) electrons. The second kappa shape index (κ2) is 5.76. The largest absolute Gasteiger partial charge is 0.335 e. The first-order valence-corrected chi connectivity index (χ1v) is 6.13. The standard InChI is InChI=1S/C13H14ClN3O/c14-10-3-6-12(9(8-10)2-1-7-15)17-13(18)16-11-4-5-11/h3,6,8,11H,4-5,7,15H2,(H2,16,17,18). The van der Waals surface area contributed by atoms with Gasteiger partial charge in [-0.2, -0.15) is 0 Å². The summed E-state index contributed by atoms with van der Waals surface area (Å²) in [5, 5.41) is 6.18. The molecule has 0 spiro atoms. The van der Waals surface area contributed by atoms with Gasteiger partial charge < -0.3 is 16.4 Å². The molecule has 2 rings (SSSR count). The zero-order valence-electron chi connectivity index (χ0n) is 9.79. The van der Waals surface area contributed by atoms with Gasteiger partial charge >= 0.3 is 6.03 Å². The lowest BCUT2D eigenvalue weighted by Crippen LogP contribution is -2.30. The Bertz CT molecular complexity index is 515. The average Bonchev–Trinajstić information content (AvgIpc) is 3.13. The number of benzene rings is 1. The second-order valence-electron chi connectivity index (χ2n) is 4.07. The molecule has 1 fully saturated rings. The first-order valence-electron chi connectivity index (χ1n) is 5.75.